The lowest BCUT2D eigenvalue weighted by atomic mass is 10.1. The first kappa shape index (κ1) is 24.4. The molecule has 1 unspecified atom stereocenters. The molecule has 4 nitrogen and oxygen atoms in total. The normalized spacial score (nSPS) is 11.7. The summed E-state index contributed by atoms with van der Waals surface area (Å²) >= 11 is 4.89. The van der Waals surface area contributed by atoms with Crippen molar-refractivity contribution in [1.29, 1.82) is 0 Å². The highest BCUT2D eigenvalue weighted by Gasteiger charge is 2.26. The maximum absolute atomic E-state index is 14.2. The molecule has 0 aliphatic heterocycles. The number of benzene rings is 2. The summed E-state index contributed by atoms with van der Waals surface area (Å²) in [5.74, 6) is 0.127. The minimum Gasteiger partial charge on any atom is -0.354 e. The average Bonchev–Trinajstić information content (AvgIpc) is 2.74. The van der Waals surface area contributed by atoms with Crippen molar-refractivity contribution in [3.8, 4) is 0 Å². The van der Waals surface area contributed by atoms with Crippen LogP contribution in [0.3, 0.4) is 0 Å². The van der Waals surface area contributed by atoms with Gasteiger partial charge in [0.1, 0.15) is 11.9 Å². The molecule has 0 bridgehead atoms. The number of nitrogens with zero attached hydrogens (tertiary/aromatic N) is 1. The average molecular weight is 495 g/mol. The Labute approximate surface area is 190 Å². The van der Waals surface area contributed by atoms with Crippen LogP contribution in [0, 0.1) is 5.82 Å². The second-order valence-electron chi connectivity index (χ2n) is 7.05. The number of carbonyl (C=O) groups is 2. The first-order valence-corrected chi connectivity index (χ1v) is 12.0. The van der Waals surface area contributed by atoms with Gasteiger partial charge in [-0.15, -0.1) is 11.8 Å². The summed E-state index contributed by atoms with van der Waals surface area (Å²) in [5, 5.41) is 2.87. The van der Waals surface area contributed by atoms with Gasteiger partial charge in [-0.1, -0.05) is 59.6 Å². The number of nitrogens with one attached hydrogen (secondary N) is 1. The number of unbranched alkanes of at least 4 members (excludes halogenated alkanes) is 1. The second kappa shape index (κ2) is 12.7. The zero-order valence-electron chi connectivity index (χ0n) is 17.4. The van der Waals surface area contributed by atoms with Crippen LogP contribution < -0.4 is 5.32 Å². The molecule has 0 fully saturated rings. The molecule has 2 aromatic carbocycles. The Hall–Kier alpha value is -1.86. The molecule has 7 heteroatoms. The molecule has 2 rings (SSSR count). The molecule has 0 spiro atoms. The van der Waals surface area contributed by atoms with Gasteiger partial charge in [0.05, 0.1) is 5.75 Å². The van der Waals surface area contributed by atoms with E-state index in [2.05, 4.69) is 21.2 Å². The van der Waals surface area contributed by atoms with E-state index >= 15 is 0 Å². The summed E-state index contributed by atoms with van der Waals surface area (Å²) in [6, 6.07) is 13.6. The first-order valence-electron chi connectivity index (χ1n) is 10.0. The summed E-state index contributed by atoms with van der Waals surface area (Å²) in [7, 11) is 0. The third-order valence-electron chi connectivity index (χ3n) is 4.70. The summed E-state index contributed by atoms with van der Waals surface area (Å²) in [5.41, 5.74) is 1.51. The zero-order valence-corrected chi connectivity index (χ0v) is 19.8. The molecule has 162 valence electrons. The summed E-state index contributed by atoms with van der Waals surface area (Å²) in [4.78, 5) is 27.0. The summed E-state index contributed by atoms with van der Waals surface area (Å²) in [6.45, 7) is 4.37. The van der Waals surface area contributed by atoms with Crippen molar-refractivity contribution in [2.45, 2.75) is 45.0 Å². The van der Waals surface area contributed by atoms with E-state index in [-0.39, 0.29) is 29.9 Å². The zero-order chi connectivity index (χ0) is 21.9. The molecule has 0 aliphatic carbocycles. The van der Waals surface area contributed by atoms with E-state index in [9.17, 15) is 14.0 Å². The lowest BCUT2D eigenvalue weighted by Gasteiger charge is -2.29. The fourth-order valence-electron chi connectivity index (χ4n) is 2.85. The lowest BCUT2D eigenvalue weighted by molar-refractivity contribution is -0.138. The van der Waals surface area contributed by atoms with Crippen molar-refractivity contribution >= 4 is 39.5 Å². The number of rotatable bonds is 11. The largest absolute Gasteiger partial charge is 0.354 e. The van der Waals surface area contributed by atoms with E-state index in [1.807, 2.05) is 31.2 Å². The summed E-state index contributed by atoms with van der Waals surface area (Å²) < 4.78 is 15.2. The number of hydrogen-bond donors (Lipinski definition) is 1. The molecular weight excluding hydrogens is 467 g/mol. The Morgan fingerprint density at radius 3 is 2.53 bits per heavy atom. The van der Waals surface area contributed by atoms with Crippen LogP contribution in [0.1, 0.15) is 37.8 Å². The maximum atomic E-state index is 14.2. The first-order chi connectivity index (χ1) is 14.4. The molecule has 0 saturated carbocycles. The van der Waals surface area contributed by atoms with Crippen LogP contribution in [0.2, 0.25) is 0 Å². The van der Waals surface area contributed by atoms with Gasteiger partial charge in [-0.25, -0.2) is 4.39 Å². The number of hydrogen-bond acceptors (Lipinski definition) is 3. The van der Waals surface area contributed by atoms with Crippen LogP contribution in [-0.4, -0.2) is 35.1 Å². The molecule has 0 aromatic heterocycles. The smallest absolute Gasteiger partial charge is 0.242 e. The third kappa shape index (κ3) is 7.76. The lowest BCUT2D eigenvalue weighted by Crippen LogP contribution is -2.48. The highest BCUT2D eigenvalue weighted by molar-refractivity contribution is 9.10. The number of carbonyl (C=O) groups excluding carboxylic acids is 2. The van der Waals surface area contributed by atoms with Crippen LogP contribution in [0.25, 0.3) is 0 Å². The molecular formula is C23H28BrFN2O2S. The van der Waals surface area contributed by atoms with Crippen molar-refractivity contribution in [3.63, 3.8) is 0 Å². The fraction of sp³-hybridized carbons (Fsp3) is 0.391. The molecule has 1 N–H and O–H groups in total. The molecule has 0 saturated heterocycles. The minimum absolute atomic E-state index is 0.0622. The minimum atomic E-state index is -0.678. The Morgan fingerprint density at radius 2 is 1.87 bits per heavy atom. The van der Waals surface area contributed by atoms with E-state index in [1.165, 1.54) is 22.7 Å². The van der Waals surface area contributed by atoms with Gasteiger partial charge in [-0.3, -0.25) is 9.59 Å². The molecule has 2 aromatic rings. The van der Waals surface area contributed by atoms with Gasteiger partial charge in [-0.2, -0.15) is 0 Å². The van der Waals surface area contributed by atoms with Gasteiger partial charge in [-0.05, 0) is 37.1 Å². The van der Waals surface area contributed by atoms with Gasteiger partial charge in [0.2, 0.25) is 11.8 Å². The number of thioether (sulfide) groups is 1. The van der Waals surface area contributed by atoms with Gasteiger partial charge in [0.15, 0.2) is 0 Å². The van der Waals surface area contributed by atoms with Gasteiger partial charge < -0.3 is 10.2 Å². The van der Waals surface area contributed by atoms with Crippen LogP contribution >= 0.6 is 27.7 Å². The molecule has 0 heterocycles. The van der Waals surface area contributed by atoms with E-state index in [4.69, 9.17) is 0 Å². The van der Waals surface area contributed by atoms with Crippen molar-refractivity contribution in [2.75, 3.05) is 12.3 Å². The predicted octanol–water partition coefficient (Wildman–Crippen LogP) is 5.16. The van der Waals surface area contributed by atoms with Crippen molar-refractivity contribution in [1.82, 2.24) is 10.2 Å². The Kier molecular flexibility index (Phi) is 10.4. The monoisotopic (exact) mass is 494 g/mol. The van der Waals surface area contributed by atoms with Gasteiger partial charge in [0.25, 0.3) is 0 Å². The van der Waals surface area contributed by atoms with Crippen molar-refractivity contribution in [3.05, 3.63) is 69.9 Å². The van der Waals surface area contributed by atoms with Gasteiger partial charge in [0, 0.05) is 28.9 Å². The van der Waals surface area contributed by atoms with E-state index < -0.39 is 6.04 Å². The highest BCUT2D eigenvalue weighted by Crippen LogP contribution is 2.18. The topological polar surface area (TPSA) is 49.4 Å². The van der Waals surface area contributed by atoms with E-state index in [1.54, 1.807) is 25.1 Å². The summed E-state index contributed by atoms with van der Waals surface area (Å²) in [6.07, 6.45) is 1.85. The SMILES string of the molecule is CCCCNC(=O)C(C)N(Cc1ccccc1F)C(=O)CSCc1ccc(Br)cc1. The van der Waals surface area contributed by atoms with Crippen LogP contribution in [0.5, 0.6) is 0 Å². The Bertz CT molecular complexity index is 832. The number of halogens is 2. The van der Waals surface area contributed by atoms with Crippen LogP contribution in [0.15, 0.2) is 53.0 Å². The quantitative estimate of drug-likeness (QED) is 0.439. The van der Waals surface area contributed by atoms with E-state index in [0.717, 1.165) is 22.9 Å². The fourth-order valence-corrected chi connectivity index (χ4v) is 3.98. The number of amides is 2. The molecule has 0 aliphatic rings. The highest BCUT2D eigenvalue weighted by atomic mass is 79.9. The van der Waals surface area contributed by atoms with Crippen LogP contribution in [-0.2, 0) is 21.9 Å². The molecule has 1 atom stereocenters. The van der Waals surface area contributed by atoms with E-state index in [0.29, 0.717) is 17.9 Å². The molecule has 30 heavy (non-hydrogen) atoms. The van der Waals surface area contributed by atoms with Crippen molar-refractivity contribution < 1.29 is 14.0 Å². The second-order valence-corrected chi connectivity index (χ2v) is 8.95. The van der Waals surface area contributed by atoms with Crippen LogP contribution in [0.4, 0.5) is 4.39 Å². The standard InChI is InChI=1S/C23H28BrFN2O2S/c1-3-4-13-26-23(29)17(2)27(14-19-7-5-6-8-21(19)25)22(28)16-30-15-18-9-11-20(24)12-10-18/h5-12,17H,3-4,13-16H2,1-2H3,(H,26,29). The Morgan fingerprint density at radius 1 is 1.17 bits per heavy atom. The molecule has 0 radical (unpaired) electrons. The molecule has 2 amide bonds. The Balaban J connectivity index is 2.04. The predicted molar refractivity (Wildman–Crippen MR) is 125 cm³/mol. The maximum Gasteiger partial charge on any atom is 0.242 e. The van der Waals surface area contributed by atoms with Crippen molar-refractivity contribution in [2.24, 2.45) is 0 Å². The van der Waals surface area contributed by atoms with Gasteiger partial charge >= 0.3 is 0 Å². The third-order valence-corrected chi connectivity index (χ3v) is 6.22.